The zero-order valence-corrected chi connectivity index (χ0v) is 18.8. The van der Waals surface area contributed by atoms with Gasteiger partial charge in [0.1, 0.15) is 5.82 Å². The molecule has 0 aliphatic heterocycles. The van der Waals surface area contributed by atoms with Crippen LogP contribution in [-0.4, -0.2) is 23.2 Å². The van der Waals surface area contributed by atoms with Crippen LogP contribution in [0.5, 0.6) is 0 Å². The van der Waals surface area contributed by atoms with Crippen LogP contribution in [0.4, 0.5) is 17.2 Å². The van der Waals surface area contributed by atoms with Gasteiger partial charge in [0.2, 0.25) is 0 Å². The van der Waals surface area contributed by atoms with Gasteiger partial charge in [0.05, 0.1) is 22.3 Å². The van der Waals surface area contributed by atoms with Crippen LogP contribution >= 0.6 is 11.6 Å². The van der Waals surface area contributed by atoms with E-state index in [2.05, 4.69) is 20.1 Å². The van der Waals surface area contributed by atoms with Crippen molar-refractivity contribution in [3.63, 3.8) is 0 Å². The number of halogens is 1. The summed E-state index contributed by atoms with van der Waals surface area (Å²) in [5.74, 6) is 0.352. The normalized spacial score (nSPS) is 11.4. The second-order valence-electron chi connectivity index (χ2n) is 7.24. The van der Waals surface area contributed by atoms with Crippen LogP contribution in [0.2, 0.25) is 5.02 Å². The van der Waals surface area contributed by atoms with E-state index in [9.17, 15) is 8.42 Å². The average Bonchev–Trinajstić information content (AvgIpc) is 3.27. The first kappa shape index (κ1) is 21.0. The lowest BCUT2D eigenvalue weighted by atomic mass is 10.2. The number of benzene rings is 3. The molecular weight excluding hydrogens is 458 g/mol. The van der Waals surface area contributed by atoms with Gasteiger partial charge in [-0.3, -0.25) is 9.71 Å². The number of hydrogen-bond acceptors (Lipinski definition) is 5. The Kier molecular flexibility index (Phi) is 5.45. The minimum atomic E-state index is -3.81. The quantitative estimate of drug-likeness (QED) is 0.333. The summed E-state index contributed by atoms with van der Waals surface area (Å²) in [4.78, 5) is 4.48. The molecule has 2 heterocycles. The molecule has 0 unspecified atom stereocenters. The molecule has 5 aromatic rings. The standard InChI is InChI=1S/C24H18ClN5O2S/c25-17-6-11-21-22(12-14-26-23(21)16-17)28-18-7-9-20(10-8-18)33(31,32)29-24-13-15-27-30(24)19-4-2-1-3-5-19/h1-16,29H,(H,26,28). The van der Waals surface area contributed by atoms with Crippen molar-refractivity contribution >= 4 is 49.7 Å². The Morgan fingerprint density at radius 1 is 0.848 bits per heavy atom. The van der Waals surface area contributed by atoms with E-state index in [1.54, 1.807) is 54.9 Å². The lowest BCUT2D eigenvalue weighted by Gasteiger charge is -2.12. The van der Waals surface area contributed by atoms with Crippen LogP contribution < -0.4 is 10.0 Å². The highest BCUT2D eigenvalue weighted by atomic mass is 35.5. The third-order valence-corrected chi connectivity index (χ3v) is 6.64. The van der Waals surface area contributed by atoms with Gasteiger partial charge in [-0.05, 0) is 60.7 Å². The third-order valence-electron chi connectivity index (χ3n) is 5.03. The molecule has 5 rings (SSSR count). The van der Waals surface area contributed by atoms with Crippen molar-refractivity contribution in [3.05, 3.63) is 102 Å². The third kappa shape index (κ3) is 4.39. The summed E-state index contributed by atoms with van der Waals surface area (Å²) in [7, 11) is -3.81. The predicted octanol–water partition coefficient (Wildman–Crippen LogP) is 5.62. The summed E-state index contributed by atoms with van der Waals surface area (Å²) in [6, 6.07) is 24.8. The molecule has 0 aliphatic carbocycles. The molecule has 164 valence electrons. The van der Waals surface area contributed by atoms with Crippen molar-refractivity contribution < 1.29 is 8.42 Å². The number of rotatable bonds is 6. The van der Waals surface area contributed by atoms with Crippen molar-refractivity contribution in [2.24, 2.45) is 0 Å². The fraction of sp³-hybridized carbons (Fsp3) is 0. The first-order valence-electron chi connectivity index (χ1n) is 10.0. The summed E-state index contributed by atoms with van der Waals surface area (Å²) in [5.41, 5.74) is 3.11. The van der Waals surface area contributed by atoms with Gasteiger partial charge in [-0.1, -0.05) is 29.8 Å². The van der Waals surface area contributed by atoms with Gasteiger partial charge >= 0.3 is 0 Å². The van der Waals surface area contributed by atoms with Gasteiger partial charge < -0.3 is 5.32 Å². The SMILES string of the molecule is O=S(=O)(Nc1ccnn1-c1ccccc1)c1ccc(Nc2ccnc3cc(Cl)ccc23)cc1. The van der Waals surface area contributed by atoms with E-state index in [0.717, 1.165) is 28.0 Å². The molecule has 0 radical (unpaired) electrons. The number of hydrogen-bond donors (Lipinski definition) is 2. The van der Waals surface area contributed by atoms with Gasteiger partial charge in [0.25, 0.3) is 10.0 Å². The molecule has 0 saturated heterocycles. The van der Waals surface area contributed by atoms with Gasteiger partial charge in [-0.25, -0.2) is 13.1 Å². The molecule has 0 atom stereocenters. The summed E-state index contributed by atoms with van der Waals surface area (Å²) in [6.45, 7) is 0. The fourth-order valence-electron chi connectivity index (χ4n) is 3.46. The van der Waals surface area contributed by atoms with Gasteiger partial charge in [0.15, 0.2) is 0 Å². The minimum absolute atomic E-state index is 0.139. The Bertz CT molecular complexity index is 1530. The van der Waals surface area contributed by atoms with E-state index in [1.807, 2.05) is 42.5 Å². The number of fused-ring (bicyclic) bond motifs is 1. The van der Waals surface area contributed by atoms with Crippen molar-refractivity contribution in [2.45, 2.75) is 4.90 Å². The molecular formula is C24H18ClN5O2S. The number of anilines is 3. The van der Waals surface area contributed by atoms with Gasteiger partial charge in [0, 0.05) is 34.0 Å². The zero-order valence-electron chi connectivity index (χ0n) is 17.2. The number of aromatic nitrogens is 3. The number of pyridine rings is 1. The number of sulfonamides is 1. The summed E-state index contributed by atoms with van der Waals surface area (Å²) >= 11 is 6.06. The molecule has 2 aromatic heterocycles. The monoisotopic (exact) mass is 475 g/mol. The van der Waals surface area contributed by atoms with Gasteiger partial charge in [-0.2, -0.15) is 5.10 Å². The highest BCUT2D eigenvalue weighted by Gasteiger charge is 2.17. The first-order valence-corrected chi connectivity index (χ1v) is 11.9. The molecule has 33 heavy (non-hydrogen) atoms. The topological polar surface area (TPSA) is 88.9 Å². The number of nitrogens with one attached hydrogen (secondary N) is 2. The second kappa shape index (κ2) is 8.57. The maximum absolute atomic E-state index is 13.0. The highest BCUT2D eigenvalue weighted by Crippen LogP contribution is 2.28. The molecule has 0 spiro atoms. The van der Waals surface area contributed by atoms with Crippen LogP contribution in [0.15, 0.2) is 102 Å². The van der Waals surface area contributed by atoms with Crippen molar-refractivity contribution in [2.75, 3.05) is 10.0 Å². The van der Waals surface area contributed by atoms with E-state index in [0.29, 0.717) is 10.8 Å². The van der Waals surface area contributed by atoms with Crippen LogP contribution in [-0.2, 0) is 10.0 Å². The lowest BCUT2D eigenvalue weighted by molar-refractivity contribution is 0.600. The first-order chi connectivity index (χ1) is 16.0. The van der Waals surface area contributed by atoms with E-state index < -0.39 is 10.0 Å². The molecule has 0 saturated carbocycles. The average molecular weight is 476 g/mol. The van der Waals surface area contributed by atoms with E-state index >= 15 is 0 Å². The zero-order chi connectivity index (χ0) is 22.8. The van der Waals surface area contributed by atoms with E-state index in [1.165, 1.54) is 4.68 Å². The van der Waals surface area contributed by atoms with Crippen molar-refractivity contribution in [1.29, 1.82) is 0 Å². The van der Waals surface area contributed by atoms with Crippen LogP contribution in [0, 0.1) is 0 Å². The maximum Gasteiger partial charge on any atom is 0.263 e. The Hall–Kier alpha value is -3.88. The van der Waals surface area contributed by atoms with Crippen LogP contribution in [0.25, 0.3) is 16.6 Å². The van der Waals surface area contributed by atoms with Crippen molar-refractivity contribution in [1.82, 2.24) is 14.8 Å². The Morgan fingerprint density at radius 2 is 1.64 bits per heavy atom. The molecule has 3 aromatic carbocycles. The number of para-hydroxylation sites is 1. The Labute approximate surface area is 195 Å². The Morgan fingerprint density at radius 3 is 2.42 bits per heavy atom. The summed E-state index contributed by atoms with van der Waals surface area (Å²) < 4.78 is 30.1. The molecule has 0 fully saturated rings. The maximum atomic E-state index is 13.0. The van der Waals surface area contributed by atoms with Crippen molar-refractivity contribution in [3.8, 4) is 5.69 Å². The number of nitrogens with zero attached hydrogens (tertiary/aromatic N) is 3. The van der Waals surface area contributed by atoms with E-state index in [-0.39, 0.29) is 4.90 Å². The fourth-order valence-corrected chi connectivity index (χ4v) is 4.66. The molecule has 0 amide bonds. The molecule has 9 heteroatoms. The highest BCUT2D eigenvalue weighted by molar-refractivity contribution is 7.92. The van der Waals surface area contributed by atoms with Crippen LogP contribution in [0.3, 0.4) is 0 Å². The molecule has 2 N–H and O–H groups in total. The lowest BCUT2D eigenvalue weighted by Crippen LogP contribution is -2.15. The van der Waals surface area contributed by atoms with Crippen LogP contribution in [0.1, 0.15) is 0 Å². The largest absolute Gasteiger partial charge is 0.355 e. The summed E-state index contributed by atoms with van der Waals surface area (Å²) in [5, 5.41) is 9.06. The van der Waals surface area contributed by atoms with E-state index in [4.69, 9.17) is 11.6 Å². The molecule has 7 nitrogen and oxygen atoms in total. The molecule has 0 bridgehead atoms. The second-order valence-corrected chi connectivity index (χ2v) is 9.36. The van der Waals surface area contributed by atoms with Gasteiger partial charge in [-0.15, -0.1) is 0 Å². The minimum Gasteiger partial charge on any atom is -0.355 e. The smallest absolute Gasteiger partial charge is 0.263 e. The summed E-state index contributed by atoms with van der Waals surface area (Å²) in [6.07, 6.45) is 3.24. The molecule has 0 aliphatic rings. The Balaban J connectivity index is 1.37. The predicted molar refractivity (Wildman–Crippen MR) is 131 cm³/mol.